The van der Waals surface area contributed by atoms with Crippen LogP contribution in [0, 0.1) is 0 Å². The van der Waals surface area contributed by atoms with Crippen molar-refractivity contribution in [2.45, 2.75) is 13.3 Å². The Balaban J connectivity index is 0. The van der Waals surface area contributed by atoms with Gasteiger partial charge in [0.25, 0.3) is 0 Å². The Morgan fingerprint density at radius 3 is 2.33 bits per heavy atom. The van der Waals surface area contributed by atoms with Gasteiger partial charge in [0.15, 0.2) is 0 Å². The summed E-state index contributed by atoms with van der Waals surface area (Å²) in [5, 5.41) is 9.83. The number of rotatable bonds is 4. The van der Waals surface area contributed by atoms with E-state index in [1.165, 1.54) is 6.92 Å². The molecule has 0 aliphatic rings. The third-order valence-electron chi connectivity index (χ3n) is 0.888. The van der Waals surface area contributed by atoms with Gasteiger partial charge in [0, 0.05) is 18.0 Å². The molecule has 0 radical (unpaired) electrons. The van der Waals surface area contributed by atoms with Gasteiger partial charge in [-0.25, -0.2) is 4.79 Å². The maximum atomic E-state index is 10.6. The number of esters is 1. The summed E-state index contributed by atoms with van der Waals surface area (Å²) in [6.45, 7) is 4.64. The molecule has 0 atom stereocenters. The van der Waals surface area contributed by atoms with Crippen LogP contribution in [0.3, 0.4) is 0 Å². The number of carboxylic acids is 1. The molecule has 4 nitrogen and oxygen atoms in total. The largest absolute Gasteiger partial charge is 1.00 e. The van der Waals surface area contributed by atoms with E-state index in [-0.39, 0.29) is 48.2 Å². The molecule has 0 aromatic rings. The predicted octanol–water partition coefficient (Wildman–Crippen LogP) is -3.75. The first-order valence-corrected chi connectivity index (χ1v) is 3.06. The van der Waals surface area contributed by atoms with Crippen molar-refractivity contribution in [1.82, 2.24) is 0 Å². The van der Waals surface area contributed by atoms with E-state index >= 15 is 0 Å². The second-order valence-corrected chi connectivity index (χ2v) is 2.04. The zero-order valence-corrected chi connectivity index (χ0v) is 9.25. The van der Waals surface area contributed by atoms with Crippen molar-refractivity contribution in [2.75, 3.05) is 6.61 Å². The molecule has 12 heavy (non-hydrogen) atoms. The van der Waals surface area contributed by atoms with Crippen LogP contribution in [0.5, 0.6) is 0 Å². The second-order valence-electron chi connectivity index (χ2n) is 2.04. The monoisotopic (exact) mass is 180 g/mol. The van der Waals surface area contributed by atoms with E-state index < -0.39 is 11.9 Å². The molecule has 0 amide bonds. The maximum absolute atomic E-state index is 10.6. The molecule has 0 unspecified atom stereocenters. The van der Waals surface area contributed by atoms with Crippen LogP contribution >= 0.6 is 0 Å². The SMILES string of the molecule is C=C(C)C(=O)OCCC(=O)[O-].[Na+]. The number of hydrogen-bond donors (Lipinski definition) is 0. The molecular formula is C7H9NaO4. The summed E-state index contributed by atoms with van der Waals surface area (Å²) in [6.07, 6.45) is -0.279. The first-order chi connectivity index (χ1) is 5.04. The van der Waals surface area contributed by atoms with Gasteiger partial charge in [-0.1, -0.05) is 6.58 Å². The minimum Gasteiger partial charge on any atom is -0.550 e. The van der Waals surface area contributed by atoms with E-state index in [0.29, 0.717) is 0 Å². The van der Waals surface area contributed by atoms with Gasteiger partial charge >= 0.3 is 35.5 Å². The van der Waals surface area contributed by atoms with Crippen LogP contribution in [-0.4, -0.2) is 18.5 Å². The van der Waals surface area contributed by atoms with Crippen LogP contribution in [0.25, 0.3) is 0 Å². The number of hydrogen-bond acceptors (Lipinski definition) is 4. The molecule has 0 heterocycles. The third kappa shape index (κ3) is 7.78. The van der Waals surface area contributed by atoms with Crippen LogP contribution in [0.2, 0.25) is 0 Å². The average Bonchev–Trinajstić information content (AvgIpc) is 1.86. The Labute approximate surface area is 92.9 Å². The molecule has 0 N–H and O–H groups in total. The quantitative estimate of drug-likeness (QED) is 0.253. The fourth-order valence-corrected chi connectivity index (χ4v) is 0.350. The normalized spacial score (nSPS) is 8.08. The van der Waals surface area contributed by atoms with E-state index in [4.69, 9.17) is 0 Å². The zero-order valence-electron chi connectivity index (χ0n) is 7.25. The van der Waals surface area contributed by atoms with E-state index in [1.54, 1.807) is 0 Å². The summed E-state index contributed by atoms with van der Waals surface area (Å²) in [4.78, 5) is 20.4. The van der Waals surface area contributed by atoms with E-state index in [9.17, 15) is 14.7 Å². The van der Waals surface area contributed by atoms with Gasteiger partial charge in [-0.3, -0.25) is 0 Å². The van der Waals surface area contributed by atoms with Crippen molar-refractivity contribution >= 4 is 11.9 Å². The number of aliphatic carboxylic acids is 1. The average molecular weight is 180 g/mol. The first kappa shape index (κ1) is 14.2. The Morgan fingerprint density at radius 1 is 1.50 bits per heavy atom. The van der Waals surface area contributed by atoms with Gasteiger partial charge in [0.1, 0.15) is 0 Å². The fourth-order valence-electron chi connectivity index (χ4n) is 0.350. The molecule has 0 saturated carbocycles. The predicted molar refractivity (Wildman–Crippen MR) is 35.4 cm³/mol. The van der Waals surface area contributed by atoms with Crippen LogP contribution in [-0.2, 0) is 14.3 Å². The third-order valence-corrected chi connectivity index (χ3v) is 0.888. The van der Waals surface area contributed by atoms with Crippen LogP contribution in [0.15, 0.2) is 12.2 Å². The molecule has 0 spiro atoms. The first-order valence-electron chi connectivity index (χ1n) is 3.06. The van der Waals surface area contributed by atoms with E-state index in [1.807, 2.05) is 0 Å². The van der Waals surface area contributed by atoms with Gasteiger partial charge in [0.2, 0.25) is 0 Å². The summed E-state index contributed by atoms with van der Waals surface area (Å²) in [7, 11) is 0. The Kier molecular flexibility index (Phi) is 8.69. The number of ether oxygens (including phenoxy) is 1. The van der Waals surface area contributed by atoms with Gasteiger partial charge in [-0.15, -0.1) is 0 Å². The van der Waals surface area contributed by atoms with Crippen molar-refractivity contribution < 1.29 is 49.0 Å². The van der Waals surface area contributed by atoms with Crippen molar-refractivity contribution in [3.63, 3.8) is 0 Å². The molecule has 0 aliphatic carbocycles. The minimum absolute atomic E-state index is 0. The summed E-state index contributed by atoms with van der Waals surface area (Å²) < 4.78 is 4.45. The van der Waals surface area contributed by atoms with E-state index in [0.717, 1.165) is 0 Å². The summed E-state index contributed by atoms with van der Waals surface area (Å²) in [6, 6.07) is 0. The van der Waals surface area contributed by atoms with Crippen LogP contribution in [0.4, 0.5) is 0 Å². The molecule has 0 aromatic heterocycles. The smallest absolute Gasteiger partial charge is 0.550 e. The zero-order chi connectivity index (χ0) is 8.85. The molecule has 0 rings (SSSR count). The molecule has 0 aliphatic heterocycles. The van der Waals surface area contributed by atoms with Crippen molar-refractivity contribution in [3.8, 4) is 0 Å². The molecule has 0 fully saturated rings. The Morgan fingerprint density at radius 2 is 2.00 bits per heavy atom. The molecule has 0 bridgehead atoms. The maximum Gasteiger partial charge on any atom is 1.00 e. The van der Waals surface area contributed by atoms with E-state index in [2.05, 4.69) is 11.3 Å². The molecule has 5 heteroatoms. The number of carboxylic acid groups (broad SMARTS) is 1. The van der Waals surface area contributed by atoms with Gasteiger partial charge < -0.3 is 14.6 Å². The van der Waals surface area contributed by atoms with Crippen LogP contribution in [0.1, 0.15) is 13.3 Å². The summed E-state index contributed by atoms with van der Waals surface area (Å²) in [5.74, 6) is -1.81. The van der Waals surface area contributed by atoms with Crippen molar-refractivity contribution in [2.24, 2.45) is 0 Å². The van der Waals surface area contributed by atoms with Gasteiger partial charge in [-0.05, 0) is 6.92 Å². The molecular weight excluding hydrogens is 171 g/mol. The standard InChI is InChI=1S/C7H10O4.Na/c1-5(2)7(10)11-4-3-6(8)9;/h1,3-4H2,2H3,(H,8,9);/q;+1/p-1. The summed E-state index contributed by atoms with van der Waals surface area (Å²) in [5.41, 5.74) is 0.253. The number of carbonyl (C=O) groups excluding carboxylic acids is 2. The van der Waals surface area contributed by atoms with Crippen LogP contribution < -0.4 is 34.7 Å². The summed E-state index contributed by atoms with van der Waals surface area (Å²) >= 11 is 0. The fraction of sp³-hybridized carbons (Fsp3) is 0.429. The Hall–Kier alpha value is -0.320. The van der Waals surface area contributed by atoms with Gasteiger partial charge in [-0.2, -0.15) is 0 Å². The van der Waals surface area contributed by atoms with Gasteiger partial charge in [0.05, 0.1) is 6.61 Å². The second kappa shape index (κ2) is 7.34. The minimum atomic E-state index is -1.24. The van der Waals surface area contributed by atoms with Crippen molar-refractivity contribution in [3.05, 3.63) is 12.2 Å². The molecule has 0 aromatic carbocycles. The number of carbonyl (C=O) groups is 2. The topological polar surface area (TPSA) is 66.4 Å². The molecule has 0 saturated heterocycles. The molecule has 62 valence electrons. The van der Waals surface area contributed by atoms with Crippen molar-refractivity contribution in [1.29, 1.82) is 0 Å². The Bertz CT molecular complexity index is 188.